The standard InChI is InChI=1S/C14H19BrO3/c15-14-12(7-10-18-14)13(16)4-2-1-3-11-5-8-17-9-6-11/h7,10-11H,1-6,8-9H2. The Hall–Kier alpha value is -0.610. The zero-order valence-electron chi connectivity index (χ0n) is 10.5. The van der Waals surface area contributed by atoms with E-state index in [9.17, 15) is 4.79 Å². The van der Waals surface area contributed by atoms with Crippen molar-refractivity contribution in [1.82, 2.24) is 0 Å². The summed E-state index contributed by atoms with van der Waals surface area (Å²) in [5.41, 5.74) is 0.668. The minimum absolute atomic E-state index is 0.169. The van der Waals surface area contributed by atoms with Gasteiger partial charge in [-0.1, -0.05) is 12.8 Å². The van der Waals surface area contributed by atoms with Gasteiger partial charge in [0.05, 0.1) is 11.8 Å². The minimum atomic E-state index is 0.169. The van der Waals surface area contributed by atoms with Gasteiger partial charge in [-0.2, -0.15) is 0 Å². The lowest BCUT2D eigenvalue weighted by Gasteiger charge is -2.21. The molecule has 4 heteroatoms. The second-order valence-corrected chi connectivity index (χ2v) is 5.55. The Kier molecular flexibility index (Phi) is 5.45. The van der Waals surface area contributed by atoms with Gasteiger partial charge in [0.1, 0.15) is 0 Å². The van der Waals surface area contributed by atoms with E-state index in [1.54, 1.807) is 12.3 Å². The largest absolute Gasteiger partial charge is 0.457 e. The Labute approximate surface area is 116 Å². The number of halogens is 1. The molecule has 0 unspecified atom stereocenters. The Bertz CT molecular complexity index is 380. The van der Waals surface area contributed by atoms with Crippen molar-refractivity contribution in [2.75, 3.05) is 13.2 Å². The summed E-state index contributed by atoms with van der Waals surface area (Å²) in [6, 6.07) is 1.73. The first-order valence-electron chi connectivity index (χ1n) is 6.61. The third kappa shape index (κ3) is 3.95. The molecule has 2 rings (SSSR count). The highest BCUT2D eigenvalue weighted by atomic mass is 79.9. The molecule has 0 N–H and O–H groups in total. The summed E-state index contributed by atoms with van der Waals surface area (Å²) in [7, 11) is 0. The Morgan fingerprint density at radius 1 is 1.33 bits per heavy atom. The molecular weight excluding hydrogens is 296 g/mol. The van der Waals surface area contributed by atoms with Gasteiger partial charge in [-0.15, -0.1) is 0 Å². The average molecular weight is 315 g/mol. The van der Waals surface area contributed by atoms with Crippen LogP contribution in [0, 0.1) is 5.92 Å². The van der Waals surface area contributed by atoms with Crippen LogP contribution in [0.5, 0.6) is 0 Å². The Balaban J connectivity index is 1.63. The molecular formula is C14H19BrO3. The molecule has 3 nitrogen and oxygen atoms in total. The molecule has 1 aromatic rings. The molecule has 0 saturated carbocycles. The predicted molar refractivity (Wildman–Crippen MR) is 72.7 cm³/mol. The van der Waals surface area contributed by atoms with Crippen LogP contribution in [0.2, 0.25) is 0 Å². The van der Waals surface area contributed by atoms with Crippen molar-refractivity contribution >= 4 is 21.7 Å². The number of Topliss-reactive ketones (excluding diaryl/α,β-unsaturated/α-hetero) is 1. The highest BCUT2D eigenvalue weighted by Gasteiger charge is 2.15. The van der Waals surface area contributed by atoms with Gasteiger partial charge in [0, 0.05) is 19.6 Å². The number of ketones is 1. The maximum Gasteiger partial charge on any atom is 0.179 e. The van der Waals surface area contributed by atoms with E-state index in [0.29, 0.717) is 16.7 Å². The van der Waals surface area contributed by atoms with Gasteiger partial charge in [-0.25, -0.2) is 0 Å². The van der Waals surface area contributed by atoms with Crippen LogP contribution in [0.1, 0.15) is 48.9 Å². The third-order valence-corrected chi connectivity index (χ3v) is 4.14. The summed E-state index contributed by atoms with van der Waals surface area (Å²) < 4.78 is 11.0. The molecule has 0 bridgehead atoms. The number of ether oxygens (including phenoxy) is 1. The van der Waals surface area contributed by atoms with E-state index >= 15 is 0 Å². The molecule has 0 aliphatic carbocycles. The van der Waals surface area contributed by atoms with Crippen molar-refractivity contribution in [3.8, 4) is 0 Å². The fourth-order valence-electron chi connectivity index (χ4n) is 2.38. The monoisotopic (exact) mass is 314 g/mol. The van der Waals surface area contributed by atoms with Crippen molar-refractivity contribution in [3.63, 3.8) is 0 Å². The number of hydrogen-bond donors (Lipinski definition) is 0. The lowest BCUT2D eigenvalue weighted by molar-refractivity contribution is 0.0630. The summed E-state index contributed by atoms with van der Waals surface area (Å²) in [4.78, 5) is 11.9. The number of unbranched alkanes of at least 4 members (excludes halogenated alkanes) is 1. The maximum atomic E-state index is 11.9. The van der Waals surface area contributed by atoms with Gasteiger partial charge in [-0.05, 0) is 47.2 Å². The molecule has 2 heterocycles. The van der Waals surface area contributed by atoms with Crippen LogP contribution in [0.15, 0.2) is 21.4 Å². The summed E-state index contributed by atoms with van der Waals surface area (Å²) in [5.74, 6) is 0.970. The van der Waals surface area contributed by atoms with Crippen LogP contribution in [-0.2, 0) is 4.74 Å². The van der Waals surface area contributed by atoms with Crippen molar-refractivity contribution in [2.45, 2.75) is 38.5 Å². The zero-order chi connectivity index (χ0) is 12.8. The van der Waals surface area contributed by atoms with E-state index in [1.165, 1.54) is 19.3 Å². The molecule has 1 aromatic heterocycles. The summed E-state index contributed by atoms with van der Waals surface area (Å²) >= 11 is 3.24. The zero-order valence-corrected chi connectivity index (χ0v) is 12.1. The fraction of sp³-hybridized carbons (Fsp3) is 0.643. The van der Waals surface area contributed by atoms with Crippen LogP contribution in [-0.4, -0.2) is 19.0 Å². The smallest absolute Gasteiger partial charge is 0.179 e. The molecule has 0 radical (unpaired) electrons. The number of rotatable bonds is 6. The van der Waals surface area contributed by atoms with E-state index in [-0.39, 0.29) is 5.78 Å². The van der Waals surface area contributed by atoms with Gasteiger partial charge < -0.3 is 9.15 Å². The normalized spacial score (nSPS) is 16.9. The second kappa shape index (κ2) is 7.10. The number of hydrogen-bond acceptors (Lipinski definition) is 3. The first-order chi connectivity index (χ1) is 8.77. The minimum Gasteiger partial charge on any atom is -0.457 e. The van der Waals surface area contributed by atoms with E-state index < -0.39 is 0 Å². The first-order valence-corrected chi connectivity index (χ1v) is 7.40. The van der Waals surface area contributed by atoms with Gasteiger partial charge in [-0.3, -0.25) is 4.79 Å². The Morgan fingerprint density at radius 2 is 2.11 bits per heavy atom. The summed E-state index contributed by atoms with van der Waals surface area (Å²) in [6.45, 7) is 1.82. The third-order valence-electron chi connectivity index (χ3n) is 3.53. The van der Waals surface area contributed by atoms with E-state index in [4.69, 9.17) is 9.15 Å². The first kappa shape index (κ1) is 13.8. The summed E-state index contributed by atoms with van der Waals surface area (Å²) in [6.07, 6.45) is 7.84. The maximum absolute atomic E-state index is 11.9. The van der Waals surface area contributed by atoms with Crippen LogP contribution in [0.25, 0.3) is 0 Å². The second-order valence-electron chi connectivity index (χ2n) is 4.83. The van der Waals surface area contributed by atoms with Crippen molar-refractivity contribution in [1.29, 1.82) is 0 Å². The quantitative estimate of drug-likeness (QED) is 0.583. The van der Waals surface area contributed by atoms with Gasteiger partial charge in [0.15, 0.2) is 10.5 Å². The fourth-order valence-corrected chi connectivity index (χ4v) is 2.84. The van der Waals surface area contributed by atoms with Crippen molar-refractivity contribution in [2.24, 2.45) is 5.92 Å². The molecule has 0 aromatic carbocycles. The molecule has 1 fully saturated rings. The predicted octanol–water partition coefficient (Wildman–Crippen LogP) is 4.21. The number of furan rings is 1. The highest BCUT2D eigenvalue weighted by molar-refractivity contribution is 9.10. The molecule has 0 amide bonds. The van der Waals surface area contributed by atoms with Crippen LogP contribution in [0.3, 0.4) is 0 Å². The lowest BCUT2D eigenvalue weighted by Crippen LogP contribution is -2.15. The average Bonchev–Trinajstić information content (AvgIpc) is 2.82. The van der Waals surface area contributed by atoms with Crippen LogP contribution in [0.4, 0.5) is 0 Å². The van der Waals surface area contributed by atoms with Gasteiger partial charge >= 0.3 is 0 Å². The molecule has 1 aliphatic rings. The topological polar surface area (TPSA) is 39.4 Å². The van der Waals surface area contributed by atoms with E-state index in [0.717, 1.165) is 32.0 Å². The van der Waals surface area contributed by atoms with Crippen LogP contribution >= 0.6 is 15.9 Å². The Morgan fingerprint density at radius 3 is 2.78 bits per heavy atom. The highest BCUT2D eigenvalue weighted by Crippen LogP contribution is 2.23. The number of carbonyl (C=O) groups excluding carboxylic acids is 1. The SMILES string of the molecule is O=C(CCCCC1CCOCC1)c1ccoc1Br. The number of carbonyl (C=O) groups is 1. The van der Waals surface area contributed by atoms with Crippen molar-refractivity contribution in [3.05, 3.63) is 22.6 Å². The summed E-state index contributed by atoms with van der Waals surface area (Å²) in [5, 5.41) is 0. The lowest BCUT2D eigenvalue weighted by atomic mass is 9.93. The van der Waals surface area contributed by atoms with Crippen LogP contribution < -0.4 is 0 Å². The molecule has 18 heavy (non-hydrogen) atoms. The van der Waals surface area contributed by atoms with Gasteiger partial charge in [0.25, 0.3) is 0 Å². The molecule has 0 atom stereocenters. The van der Waals surface area contributed by atoms with Crippen molar-refractivity contribution < 1.29 is 13.9 Å². The molecule has 100 valence electrons. The molecule has 1 saturated heterocycles. The van der Waals surface area contributed by atoms with E-state index in [1.807, 2.05) is 0 Å². The molecule has 1 aliphatic heterocycles. The molecule has 0 spiro atoms. The van der Waals surface area contributed by atoms with E-state index in [2.05, 4.69) is 15.9 Å². The van der Waals surface area contributed by atoms with Gasteiger partial charge in [0.2, 0.25) is 0 Å².